The van der Waals surface area contributed by atoms with E-state index in [1.807, 2.05) is 37.3 Å². The minimum atomic E-state index is -3.94. The van der Waals surface area contributed by atoms with Crippen LogP contribution in [0.15, 0.2) is 65.6 Å². The number of amides is 1. The van der Waals surface area contributed by atoms with Crippen LogP contribution in [-0.4, -0.2) is 33.5 Å². The number of nitrogens with two attached hydrogens (primary N) is 1. The first-order valence-electron chi connectivity index (χ1n) is 10.0. The first kappa shape index (κ1) is 23.2. The van der Waals surface area contributed by atoms with Gasteiger partial charge in [-0.05, 0) is 61.0 Å². The highest BCUT2D eigenvalue weighted by molar-refractivity contribution is 7.89. The van der Waals surface area contributed by atoms with Crippen molar-refractivity contribution in [3.05, 3.63) is 76.8 Å². The maximum absolute atomic E-state index is 13.1. The molecule has 3 rings (SSSR count). The third-order valence-electron chi connectivity index (χ3n) is 5.06. The van der Waals surface area contributed by atoms with Crippen LogP contribution >= 0.6 is 11.6 Å². The molecule has 0 heterocycles. The van der Waals surface area contributed by atoms with Gasteiger partial charge in [0.15, 0.2) is 0 Å². The maximum Gasteiger partial charge on any atom is 0.241 e. The molecule has 0 unspecified atom stereocenters. The minimum absolute atomic E-state index is 0.141. The average Bonchev–Trinajstić information content (AvgIpc) is 2.73. The zero-order valence-electron chi connectivity index (χ0n) is 17.3. The lowest BCUT2D eigenvalue weighted by atomic mass is 10.1. The van der Waals surface area contributed by atoms with Crippen LogP contribution in [0.1, 0.15) is 17.5 Å². The Bertz CT molecular complexity index is 1180. The number of halogens is 1. The molecule has 0 saturated carbocycles. The lowest BCUT2D eigenvalue weighted by Crippen LogP contribution is -2.48. The highest BCUT2D eigenvalue weighted by Gasteiger charge is 2.26. The molecule has 164 valence electrons. The van der Waals surface area contributed by atoms with Crippen LogP contribution in [0.25, 0.3) is 10.8 Å². The molecule has 6 nitrogen and oxygen atoms in total. The van der Waals surface area contributed by atoms with Gasteiger partial charge in [0.25, 0.3) is 0 Å². The van der Waals surface area contributed by atoms with Crippen molar-refractivity contribution in [2.75, 3.05) is 13.1 Å². The van der Waals surface area contributed by atoms with Crippen LogP contribution in [0, 0.1) is 6.92 Å². The molecule has 0 aromatic heterocycles. The number of sulfonamides is 1. The summed E-state index contributed by atoms with van der Waals surface area (Å²) >= 11 is 5.98. The molecule has 8 heteroatoms. The molecule has 0 saturated heterocycles. The normalized spacial score (nSPS) is 12.6. The second-order valence-electron chi connectivity index (χ2n) is 7.35. The summed E-state index contributed by atoms with van der Waals surface area (Å²) in [5, 5.41) is 4.89. The van der Waals surface area contributed by atoms with E-state index in [0.29, 0.717) is 23.4 Å². The van der Waals surface area contributed by atoms with Crippen molar-refractivity contribution < 1.29 is 13.2 Å². The van der Waals surface area contributed by atoms with Crippen LogP contribution in [0.4, 0.5) is 0 Å². The van der Waals surface area contributed by atoms with E-state index in [4.69, 9.17) is 17.3 Å². The fourth-order valence-corrected chi connectivity index (χ4v) is 5.12. The van der Waals surface area contributed by atoms with E-state index < -0.39 is 22.0 Å². The van der Waals surface area contributed by atoms with E-state index in [-0.39, 0.29) is 17.9 Å². The maximum atomic E-state index is 13.1. The van der Waals surface area contributed by atoms with Crippen molar-refractivity contribution in [1.29, 1.82) is 0 Å². The molecule has 3 aromatic carbocycles. The van der Waals surface area contributed by atoms with Crippen LogP contribution in [0.5, 0.6) is 0 Å². The molecule has 0 aliphatic carbocycles. The molecule has 0 radical (unpaired) electrons. The number of carbonyl (C=O) groups excluding carboxylic acids is 1. The van der Waals surface area contributed by atoms with Crippen molar-refractivity contribution >= 4 is 38.3 Å². The molecule has 0 aliphatic heterocycles. The topological polar surface area (TPSA) is 101 Å². The van der Waals surface area contributed by atoms with E-state index >= 15 is 0 Å². The molecule has 3 aromatic rings. The summed E-state index contributed by atoms with van der Waals surface area (Å²) in [5.41, 5.74) is 7.60. The van der Waals surface area contributed by atoms with Gasteiger partial charge in [0.1, 0.15) is 6.04 Å². The van der Waals surface area contributed by atoms with E-state index in [1.165, 1.54) is 0 Å². The second kappa shape index (κ2) is 10.2. The quantitative estimate of drug-likeness (QED) is 0.457. The zero-order chi connectivity index (χ0) is 22.4. The first-order valence-corrected chi connectivity index (χ1v) is 11.9. The standard InChI is InChI=1S/C23H26ClN3O3S/c1-16-9-10-22(20-8-3-2-7-19(16)20)31(29,30)27-21(11-13-25)23(28)26-14-12-17-5-4-6-18(24)15-17/h2-10,15,21,27H,11-14,25H2,1H3,(H,26,28)/t21-/m0/s1. The Balaban J connectivity index is 1.74. The van der Waals surface area contributed by atoms with Gasteiger partial charge in [0.05, 0.1) is 4.90 Å². The van der Waals surface area contributed by atoms with Gasteiger partial charge < -0.3 is 11.1 Å². The monoisotopic (exact) mass is 459 g/mol. The molecule has 4 N–H and O–H groups in total. The van der Waals surface area contributed by atoms with E-state index in [2.05, 4.69) is 10.0 Å². The fourth-order valence-electron chi connectivity index (χ4n) is 3.46. The Morgan fingerprint density at radius 2 is 1.81 bits per heavy atom. The van der Waals surface area contributed by atoms with Crippen molar-refractivity contribution in [1.82, 2.24) is 10.0 Å². The van der Waals surface area contributed by atoms with Crippen molar-refractivity contribution in [3.8, 4) is 0 Å². The second-order valence-corrected chi connectivity index (χ2v) is 9.47. The first-order chi connectivity index (χ1) is 14.8. The predicted molar refractivity (Wildman–Crippen MR) is 125 cm³/mol. The molecule has 0 bridgehead atoms. The smallest absolute Gasteiger partial charge is 0.241 e. The number of hydrogen-bond acceptors (Lipinski definition) is 4. The molecular weight excluding hydrogens is 434 g/mol. The summed E-state index contributed by atoms with van der Waals surface area (Å²) in [7, 11) is -3.94. The molecule has 0 fully saturated rings. The summed E-state index contributed by atoms with van der Waals surface area (Å²) in [6.45, 7) is 2.45. The van der Waals surface area contributed by atoms with Gasteiger partial charge in [0, 0.05) is 17.0 Å². The van der Waals surface area contributed by atoms with Gasteiger partial charge >= 0.3 is 0 Å². The Morgan fingerprint density at radius 1 is 1.06 bits per heavy atom. The summed E-state index contributed by atoms with van der Waals surface area (Å²) in [6.07, 6.45) is 0.767. The van der Waals surface area contributed by atoms with Crippen LogP contribution < -0.4 is 15.8 Å². The lowest BCUT2D eigenvalue weighted by molar-refractivity contribution is -0.122. The number of nitrogens with one attached hydrogen (secondary N) is 2. The SMILES string of the molecule is Cc1ccc(S(=O)(=O)N[C@@H](CCN)C(=O)NCCc2cccc(Cl)c2)c2ccccc12. The Labute approximate surface area is 187 Å². The molecule has 0 aliphatic rings. The largest absolute Gasteiger partial charge is 0.354 e. The summed E-state index contributed by atoms with van der Waals surface area (Å²) in [6, 6.07) is 17.0. The zero-order valence-corrected chi connectivity index (χ0v) is 18.8. The van der Waals surface area contributed by atoms with Crippen molar-refractivity contribution in [2.45, 2.75) is 30.7 Å². The lowest BCUT2D eigenvalue weighted by Gasteiger charge is -2.19. The Hall–Kier alpha value is -2.45. The molecule has 31 heavy (non-hydrogen) atoms. The third kappa shape index (κ3) is 5.83. The van der Waals surface area contributed by atoms with Gasteiger partial charge in [-0.25, -0.2) is 8.42 Å². The van der Waals surface area contributed by atoms with Crippen molar-refractivity contribution in [3.63, 3.8) is 0 Å². The molecular formula is C23H26ClN3O3S. The number of hydrogen-bond donors (Lipinski definition) is 3. The number of rotatable bonds is 9. The minimum Gasteiger partial charge on any atom is -0.354 e. The van der Waals surface area contributed by atoms with Gasteiger partial charge in [-0.15, -0.1) is 0 Å². The molecule has 1 amide bonds. The number of aryl methyl sites for hydroxylation is 1. The molecule has 1 atom stereocenters. The van der Waals surface area contributed by atoms with E-state index in [9.17, 15) is 13.2 Å². The Kier molecular flexibility index (Phi) is 7.67. The Morgan fingerprint density at radius 3 is 2.52 bits per heavy atom. The number of carbonyl (C=O) groups is 1. The van der Waals surface area contributed by atoms with Gasteiger partial charge in [-0.2, -0.15) is 4.72 Å². The van der Waals surface area contributed by atoms with E-state index in [1.54, 1.807) is 30.3 Å². The van der Waals surface area contributed by atoms with Crippen LogP contribution in [-0.2, 0) is 21.2 Å². The average molecular weight is 460 g/mol. The van der Waals surface area contributed by atoms with Crippen molar-refractivity contribution in [2.24, 2.45) is 5.73 Å². The highest BCUT2D eigenvalue weighted by atomic mass is 35.5. The summed E-state index contributed by atoms with van der Waals surface area (Å²) in [5.74, 6) is -0.410. The van der Waals surface area contributed by atoms with Gasteiger partial charge in [-0.1, -0.05) is 54.1 Å². The van der Waals surface area contributed by atoms with E-state index in [0.717, 1.165) is 16.5 Å². The summed E-state index contributed by atoms with van der Waals surface area (Å²) in [4.78, 5) is 12.8. The summed E-state index contributed by atoms with van der Waals surface area (Å²) < 4.78 is 28.8. The van der Waals surface area contributed by atoms with Gasteiger partial charge in [0.2, 0.25) is 15.9 Å². The number of fused-ring (bicyclic) bond motifs is 1. The number of benzene rings is 3. The highest BCUT2D eigenvalue weighted by Crippen LogP contribution is 2.26. The third-order valence-corrected chi connectivity index (χ3v) is 6.83. The predicted octanol–water partition coefficient (Wildman–Crippen LogP) is 3.16. The van der Waals surface area contributed by atoms with Gasteiger partial charge in [-0.3, -0.25) is 4.79 Å². The van der Waals surface area contributed by atoms with Crippen LogP contribution in [0.3, 0.4) is 0 Å². The van der Waals surface area contributed by atoms with Crippen LogP contribution in [0.2, 0.25) is 5.02 Å². The molecule has 0 spiro atoms. The fraction of sp³-hybridized carbons (Fsp3) is 0.261.